The highest BCUT2D eigenvalue weighted by Crippen LogP contribution is 2.44. The number of ether oxygens (including phenoxy) is 1. The highest BCUT2D eigenvalue weighted by Gasteiger charge is 2.55. The van der Waals surface area contributed by atoms with E-state index in [1.165, 1.54) is 11.1 Å². The fourth-order valence-corrected chi connectivity index (χ4v) is 5.81. The first-order valence-corrected chi connectivity index (χ1v) is 9.90. The van der Waals surface area contributed by atoms with E-state index in [4.69, 9.17) is 4.74 Å². The van der Waals surface area contributed by atoms with Crippen LogP contribution in [0.25, 0.3) is 11.1 Å². The summed E-state index contributed by atoms with van der Waals surface area (Å²) in [7, 11) is 0. The van der Waals surface area contributed by atoms with Crippen molar-refractivity contribution in [2.24, 2.45) is 5.92 Å². The molecule has 6 rings (SSSR count). The molecule has 4 aliphatic rings. The van der Waals surface area contributed by atoms with E-state index in [0.29, 0.717) is 12.5 Å². The first-order chi connectivity index (χ1) is 11.2. The number of carbonyl (C=O) groups excluding carboxylic acids is 1. The van der Waals surface area contributed by atoms with Crippen LogP contribution in [-0.4, -0.2) is 42.8 Å². The van der Waals surface area contributed by atoms with Gasteiger partial charge < -0.3 is 4.74 Å². The van der Waals surface area contributed by atoms with Gasteiger partial charge in [-0.2, -0.15) is 11.3 Å². The molecule has 1 amide bonds. The van der Waals surface area contributed by atoms with Gasteiger partial charge >= 0.3 is 6.09 Å². The number of anilines is 1. The summed E-state index contributed by atoms with van der Waals surface area (Å²) in [6, 6.07) is 4.24. The van der Waals surface area contributed by atoms with Crippen molar-refractivity contribution in [1.82, 2.24) is 4.90 Å². The first kappa shape index (κ1) is 14.0. The van der Waals surface area contributed by atoms with Crippen molar-refractivity contribution in [3.63, 3.8) is 0 Å². The maximum Gasteiger partial charge on any atom is 0.415 e. The van der Waals surface area contributed by atoms with Gasteiger partial charge in [0.2, 0.25) is 0 Å². The standard InChI is InChI=1S/C17H18N2O2S2/c20-16-19(15-7-13(9-23-15)12-3-6-22-8-12)11-17(21-16)10-18-4-1-14(17)2-5-18/h3,6-9,14H,1-2,4-5,10-11H2. The lowest BCUT2D eigenvalue weighted by atomic mass is 9.75. The van der Waals surface area contributed by atoms with Crippen molar-refractivity contribution in [3.05, 3.63) is 28.3 Å². The minimum Gasteiger partial charge on any atom is -0.439 e. The van der Waals surface area contributed by atoms with E-state index in [-0.39, 0.29) is 11.7 Å². The van der Waals surface area contributed by atoms with Crippen molar-refractivity contribution >= 4 is 33.8 Å². The van der Waals surface area contributed by atoms with Crippen LogP contribution in [0.4, 0.5) is 9.80 Å². The Hall–Kier alpha value is -1.37. The first-order valence-electron chi connectivity index (χ1n) is 8.07. The zero-order valence-corrected chi connectivity index (χ0v) is 14.4. The third-order valence-corrected chi connectivity index (χ3v) is 7.10. The van der Waals surface area contributed by atoms with Crippen LogP contribution >= 0.6 is 22.7 Å². The maximum atomic E-state index is 12.5. The van der Waals surface area contributed by atoms with Crippen LogP contribution in [0.1, 0.15) is 12.8 Å². The Bertz CT molecular complexity index is 734. The summed E-state index contributed by atoms with van der Waals surface area (Å²) in [5, 5.41) is 7.36. The Balaban J connectivity index is 1.43. The van der Waals surface area contributed by atoms with Crippen molar-refractivity contribution in [2.45, 2.75) is 18.4 Å². The largest absolute Gasteiger partial charge is 0.439 e. The van der Waals surface area contributed by atoms with E-state index in [1.54, 1.807) is 22.7 Å². The second-order valence-electron chi connectivity index (χ2n) is 6.75. The topological polar surface area (TPSA) is 32.8 Å². The summed E-state index contributed by atoms with van der Waals surface area (Å²) in [5.74, 6) is 0.526. The number of hydrogen-bond acceptors (Lipinski definition) is 5. The number of hydrogen-bond donors (Lipinski definition) is 0. The Labute approximate surface area is 143 Å². The molecule has 0 aromatic carbocycles. The number of thiophene rings is 2. The van der Waals surface area contributed by atoms with Crippen LogP contribution in [0.3, 0.4) is 0 Å². The number of carbonyl (C=O) groups is 1. The van der Waals surface area contributed by atoms with E-state index < -0.39 is 0 Å². The molecule has 1 spiro atoms. The molecule has 2 aromatic rings. The molecule has 1 unspecified atom stereocenters. The van der Waals surface area contributed by atoms with Crippen LogP contribution in [0.15, 0.2) is 28.3 Å². The number of rotatable bonds is 2. The van der Waals surface area contributed by atoms with Gasteiger partial charge in [-0.1, -0.05) is 0 Å². The van der Waals surface area contributed by atoms with Gasteiger partial charge in [0.15, 0.2) is 0 Å². The lowest BCUT2D eigenvalue weighted by Gasteiger charge is -2.49. The molecule has 2 bridgehead atoms. The van der Waals surface area contributed by atoms with Gasteiger partial charge in [-0.25, -0.2) is 4.79 Å². The summed E-state index contributed by atoms with van der Waals surface area (Å²) in [5.41, 5.74) is 2.14. The summed E-state index contributed by atoms with van der Waals surface area (Å²) >= 11 is 3.33. The smallest absolute Gasteiger partial charge is 0.415 e. The molecule has 4 nitrogen and oxygen atoms in total. The molecule has 4 saturated heterocycles. The second kappa shape index (κ2) is 5.06. The summed E-state index contributed by atoms with van der Waals surface area (Å²) in [6.07, 6.45) is 2.15. The van der Waals surface area contributed by atoms with E-state index in [2.05, 4.69) is 33.2 Å². The van der Waals surface area contributed by atoms with Crippen LogP contribution in [0.2, 0.25) is 0 Å². The molecule has 0 radical (unpaired) electrons. The lowest BCUT2D eigenvalue weighted by molar-refractivity contribution is -0.0881. The van der Waals surface area contributed by atoms with E-state index in [0.717, 1.165) is 37.5 Å². The lowest BCUT2D eigenvalue weighted by Crippen LogP contribution is -2.61. The molecule has 2 aromatic heterocycles. The molecule has 0 saturated carbocycles. The van der Waals surface area contributed by atoms with Crippen molar-refractivity contribution in [2.75, 3.05) is 31.1 Å². The molecule has 4 aliphatic heterocycles. The van der Waals surface area contributed by atoms with E-state index in [1.807, 2.05) is 4.90 Å². The van der Waals surface area contributed by atoms with Crippen molar-refractivity contribution < 1.29 is 9.53 Å². The highest BCUT2D eigenvalue weighted by atomic mass is 32.1. The molecule has 1 atom stereocenters. The molecule has 6 heteroatoms. The Morgan fingerprint density at radius 1 is 1.17 bits per heavy atom. The minimum atomic E-state index is -0.278. The molecule has 4 fully saturated rings. The zero-order chi connectivity index (χ0) is 15.4. The number of nitrogens with zero attached hydrogens (tertiary/aromatic N) is 2. The molecule has 0 N–H and O–H groups in total. The number of piperidine rings is 3. The predicted molar refractivity (Wildman–Crippen MR) is 93.4 cm³/mol. The van der Waals surface area contributed by atoms with E-state index in [9.17, 15) is 4.79 Å². The fourth-order valence-electron chi connectivity index (χ4n) is 4.23. The molecule has 120 valence electrons. The van der Waals surface area contributed by atoms with Gasteiger partial charge in [0.1, 0.15) is 10.6 Å². The quantitative estimate of drug-likeness (QED) is 0.827. The number of fused-ring (bicyclic) bond motifs is 2. The average molecular weight is 346 g/mol. The number of amides is 1. The normalized spacial score (nSPS) is 32.7. The zero-order valence-electron chi connectivity index (χ0n) is 12.7. The fraction of sp³-hybridized carbons (Fsp3) is 0.471. The summed E-state index contributed by atoms with van der Waals surface area (Å²) in [4.78, 5) is 16.8. The third kappa shape index (κ3) is 2.16. The van der Waals surface area contributed by atoms with Gasteiger partial charge in [-0.05, 0) is 60.0 Å². The van der Waals surface area contributed by atoms with Gasteiger partial charge in [0.05, 0.1) is 6.54 Å². The summed E-state index contributed by atoms with van der Waals surface area (Å²) in [6.45, 7) is 3.93. The average Bonchev–Trinajstić information content (AvgIpc) is 3.28. The van der Waals surface area contributed by atoms with Gasteiger partial charge in [0, 0.05) is 17.8 Å². The van der Waals surface area contributed by atoms with Crippen LogP contribution in [0, 0.1) is 5.92 Å². The third-order valence-electron chi connectivity index (χ3n) is 5.47. The van der Waals surface area contributed by atoms with Crippen LogP contribution < -0.4 is 4.90 Å². The van der Waals surface area contributed by atoms with Crippen molar-refractivity contribution in [3.8, 4) is 11.1 Å². The SMILES string of the molecule is O=C1OC2(CN3CCC2CC3)CN1c1cc(-c2ccsc2)cs1. The second-order valence-corrected chi connectivity index (χ2v) is 8.42. The van der Waals surface area contributed by atoms with E-state index >= 15 is 0 Å². The maximum absolute atomic E-state index is 12.5. The Kier molecular flexibility index (Phi) is 3.08. The van der Waals surface area contributed by atoms with Crippen molar-refractivity contribution in [1.29, 1.82) is 0 Å². The molecule has 23 heavy (non-hydrogen) atoms. The molecular formula is C17H18N2O2S2. The summed E-state index contributed by atoms with van der Waals surface area (Å²) < 4.78 is 5.94. The van der Waals surface area contributed by atoms with Crippen LogP contribution in [-0.2, 0) is 4.74 Å². The van der Waals surface area contributed by atoms with Gasteiger partial charge in [-0.15, -0.1) is 11.3 Å². The monoisotopic (exact) mass is 346 g/mol. The van der Waals surface area contributed by atoms with Gasteiger partial charge in [0.25, 0.3) is 0 Å². The molecular weight excluding hydrogens is 328 g/mol. The highest BCUT2D eigenvalue weighted by molar-refractivity contribution is 7.14. The molecule has 6 heterocycles. The predicted octanol–water partition coefficient (Wildman–Crippen LogP) is 3.90. The van der Waals surface area contributed by atoms with Crippen LogP contribution in [0.5, 0.6) is 0 Å². The molecule has 0 aliphatic carbocycles. The Morgan fingerprint density at radius 3 is 2.74 bits per heavy atom. The minimum absolute atomic E-state index is 0.169. The Morgan fingerprint density at radius 2 is 2.04 bits per heavy atom. The van der Waals surface area contributed by atoms with Gasteiger partial charge in [-0.3, -0.25) is 9.80 Å².